The number of imidazole rings is 1. The summed E-state index contributed by atoms with van der Waals surface area (Å²) >= 11 is 0. The molecule has 0 spiro atoms. The molecule has 98 valence electrons. The lowest BCUT2D eigenvalue weighted by Crippen LogP contribution is -2.16. The van der Waals surface area contributed by atoms with Gasteiger partial charge in [-0.2, -0.15) is 5.10 Å². The average molecular weight is 255 g/mol. The van der Waals surface area contributed by atoms with Gasteiger partial charge < -0.3 is 9.88 Å². The topological polar surface area (TPSA) is 58.5 Å². The van der Waals surface area contributed by atoms with Crippen molar-refractivity contribution in [2.45, 2.75) is 26.6 Å². The summed E-state index contributed by atoms with van der Waals surface area (Å²) in [5.74, 6) is 1.08. The molecule has 0 radical (unpaired) electrons. The molecule has 0 fully saturated rings. The Balaban J connectivity index is 1.76. The zero-order valence-electron chi connectivity index (χ0n) is 10.9. The fourth-order valence-corrected chi connectivity index (χ4v) is 2.31. The molecular weight excluding hydrogens is 238 g/mol. The highest BCUT2D eigenvalue weighted by atomic mass is 15.1. The van der Waals surface area contributed by atoms with Crippen LogP contribution in [0.2, 0.25) is 0 Å². The molecule has 5 nitrogen and oxygen atoms in total. The van der Waals surface area contributed by atoms with Crippen molar-refractivity contribution in [1.29, 1.82) is 0 Å². The molecule has 2 heterocycles. The Morgan fingerprint density at radius 1 is 1.26 bits per heavy atom. The summed E-state index contributed by atoms with van der Waals surface area (Å²) in [4.78, 5) is 4.68. The molecule has 5 heteroatoms. The van der Waals surface area contributed by atoms with Gasteiger partial charge in [-0.05, 0) is 19.1 Å². The minimum absolute atomic E-state index is 0.758. The average Bonchev–Trinajstić information content (AvgIpc) is 3.05. The largest absolute Gasteiger partial charge is 0.327 e. The van der Waals surface area contributed by atoms with Crippen molar-refractivity contribution in [3.05, 3.63) is 48.0 Å². The Morgan fingerprint density at radius 3 is 2.95 bits per heavy atom. The highest BCUT2D eigenvalue weighted by molar-refractivity contribution is 5.75. The molecule has 19 heavy (non-hydrogen) atoms. The van der Waals surface area contributed by atoms with E-state index in [2.05, 4.69) is 50.2 Å². The van der Waals surface area contributed by atoms with E-state index in [1.54, 1.807) is 0 Å². The van der Waals surface area contributed by atoms with Crippen LogP contribution in [-0.4, -0.2) is 19.7 Å². The van der Waals surface area contributed by atoms with Crippen LogP contribution in [-0.2, 0) is 19.6 Å². The van der Waals surface area contributed by atoms with Gasteiger partial charge in [-0.1, -0.05) is 12.1 Å². The first-order chi connectivity index (χ1) is 9.38. The number of benzene rings is 1. The molecule has 0 atom stereocenters. The summed E-state index contributed by atoms with van der Waals surface area (Å²) in [7, 11) is 0. The third kappa shape index (κ3) is 2.37. The van der Waals surface area contributed by atoms with E-state index in [9.17, 15) is 0 Å². The molecule has 3 rings (SSSR count). The van der Waals surface area contributed by atoms with Gasteiger partial charge in [-0.15, -0.1) is 0 Å². The summed E-state index contributed by atoms with van der Waals surface area (Å²) < 4.78 is 2.25. The van der Waals surface area contributed by atoms with Crippen LogP contribution in [0.25, 0.3) is 11.0 Å². The van der Waals surface area contributed by atoms with Crippen molar-refractivity contribution in [3.8, 4) is 0 Å². The van der Waals surface area contributed by atoms with Gasteiger partial charge in [0.2, 0.25) is 0 Å². The maximum absolute atomic E-state index is 4.68. The smallest absolute Gasteiger partial charge is 0.123 e. The van der Waals surface area contributed by atoms with Crippen LogP contribution in [0.5, 0.6) is 0 Å². The number of nitrogens with one attached hydrogen (secondary N) is 2. The van der Waals surface area contributed by atoms with Gasteiger partial charge in [0.05, 0.1) is 23.8 Å². The molecule has 0 amide bonds. The molecule has 0 aliphatic rings. The Bertz CT molecular complexity index is 654. The summed E-state index contributed by atoms with van der Waals surface area (Å²) in [6, 6.07) is 8.25. The second kappa shape index (κ2) is 5.24. The number of nitrogens with zero attached hydrogens (tertiary/aromatic N) is 3. The number of rotatable bonds is 5. The maximum Gasteiger partial charge on any atom is 0.123 e. The van der Waals surface area contributed by atoms with E-state index in [0.717, 1.165) is 36.5 Å². The van der Waals surface area contributed by atoms with Gasteiger partial charge in [-0.3, -0.25) is 5.10 Å². The highest BCUT2D eigenvalue weighted by Gasteiger charge is 2.08. The van der Waals surface area contributed by atoms with Crippen molar-refractivity contribution in [3.63, 3.8) is 0 Å². The third-order valence-electron chi connectivity index (χ3n) is 3.22. The van der Waals surface area contributed by atoms with Crippen molar-refractivity contribution >= 4 is 11.0 Å². The van der Waals surface area contributed by atoms with Crippen LogP contribution in [0, 0.1) is 0 Å². The van der Waals surface area contributed by atoms with E-state index in [-0.39, 0.29) is 0 Å². The zero-order valence-corrected chi connectivity index (χ0v) is 10.9. The lowest BCUT2D eigenvalue weighted by molar-refractivity contribution is 0.621. The number of hydrogen-bond donors (Lipinski definition) is 2. The van der Waals surface area contributed by atoms with E-state index in [1.807, 2.05) is 18.5 Å². The lowest BCUT2D eigenvalue weighted by Gasteiger charge is -2.06. The summed E-state index contributed by atoms with van der Waals surface area (Å²) in [6.07, 6.45) is 3.73. The molecule has 2 N–H and O–H groups in total. The van der Waals surface area contributed by atoms with E-state index in [1.165, 1.54) is 5.52 Å². The van der Waals surface area contributed by atoms with Crippen molar-refractivity contribution in [2.75, 3.05) is 0 Å². The third-order valence-corrected chi connectivity index (χ3v) is 3.22. The number of hydrogen-bond acceptors (Lipinski definition) is 3. The Labute approximate surface area is 111 Å². The van der Waals surface area contributed by atoms with Crippen molar-refractivity contribution < 1.29 is 0 Å². The van der Waals surface area contributed by atoms with Gasteiger partial charge in [-0.25, -0.2) is 4.98 Å². The van der Waals surface area contributed by atoms with Gasteiger partial charge in [0.25, 0.3) is 0 Å². The number of fused-ring (bicyclic) bond motifs is 1. The Kier molecular flexibility index (Phi) is 3.29. The lowest BCUT2D eigenvalue weighted by atomic mass is 10.3. The molecule has 0 saturated carbocycles. The highest BCUT2D eigenvalue weighted by Crippen LogP contribution is 2.15. The van der Waals surface area contributed by atoms with E-state index < -0.39 is 0 Å². The second-order valence-corrected chi connectivity index (χ2v) is 4.47. The molecular formula is C14H17N5. The van der Waals surface area contributed by atoms with Crippen LogP contribution in [0.1, 0.15) is 18.3 Å². The normalized spacial score (nSPS) is 11.2. The zero-order chi connectivity index (χ0) is 13.1. The van der Waals surface area contributed by atoms with Crippen LogP contribution < -0.4 is 5.32 Å². The minimum atomic E-state index is 0.758. The molecule has 2 aromatic heterocycles. The molecule has 0 bridgehead atoms. The monoisotopic (exact) mass is 255 g/mol. The van der Waals surface area contributed by atoms with Gasteiger partial charge in [0.1, 0.15) is 5.82 Å². The number of aromatic nitrogens is 4. The number of H-pyrrole nitrogens is 1. The summed E-state index contributed by atoms with van der Waals surface area (Å²) in [5.41, 5.74) is 3.41. The molecule has 0 saturated heterocycles. The Hall–Kier alpha value is -2.14. The first-order valence-electron chi connectivity index (χ1n) is 6.51. The fraction of sp³-hybridized carbons (Fsp3) is 0.286. The first kappa shape index (κ1) is 11.9. The van der Waals surface area contributed by atoms with Crippen LogP contribution in [0.4, 0.5) is 0 Å². The number of para-hydroxylation sites is 2. The molecule has 0 aliphatic heterocycles. The van der Waals surface area contributed by atoms with Crippen molar-refractivity contribution in [1.82, 2.24) is 25.1 Å². The standard InChI is InChI=1S/C14H17N5/c1-2-19-13-6-4-3-5-12(13)18-14(19)10-15-7-11-8-16-17-9-11/h3-6,8-9,15H,2,7,10H2,1H3,(H,16,17). The minimum Gasteiger partial charge on any atom is -0.327 e. The summed E-state index contributed by atoms with van der Waals surface area (Å²) in [5, 5.41) is 10.1. The van der Waals surface area contributed by atoms with Crippen LogP contribution in [0.3, 0.4) is 0 Å². The Morgan fingerprint density at radius 2 is 2.16 bits per heavy atom. The first-order valence-corrected chi connectivity index (χ1v) is 6.51. The summed E-state index contributed by atoms with van der Waals surface area (Å²) in [6.45, 7) is 4.63. The van der Waals surface area contributed by atoms with Crippen LogP contribution in [0.15, 0.2) is 36.7 Å². The quantitative estimate of drug-likeness (QED) is 0.733. The fourth-order valence-electron chi connectivity index (χ4n) is 2.31. The number of aryl methyl sites for hydroxylation is 1. The maximum atomic E-state index is 4.68. The van der Waals surface area contributed by atoms with Gasteiger partial charge in [0.15, 0.2) is 0 Å². The predicted octanol–water partition coefficient (Wildman–Crippen LogP) is 2.07. The van der Waals surface area contributed by atoms with Gasteiger partial charge in [0, 0.05) is 24.8 Å². The van der Waals surface area contributed by atoms with Crippen LogP contribution >= 0.6 is 0 Å². The predicted molar refractivity (Wildman–Crippen MR) is 74.5 cm³/mol. The molecule has 0 aliphatic carbocycles. The molecule has 3 aromatic rings. The molecule has 0 unspecified atom stereocenters. The van der Waals surface area contributed by atoms with E-state index >= 15 is 0 Å². The van der Waals surface area contributed by atoms with E-state index in [0.29, 0.717) is 0 Å². The number of aromatic amines is 1. The van der Waals surface area contributed by atoms with Crippen molar-refractivity contribution in [2.24, 2.45) is 0 Å². The molecule has 1 aromatic carbocycles. The van der Waals surface area contributed by atoms with E-state index in [4.69, 9.17) is 0 Å². The van der Waals surface area contributed by atoms with Gasteiger partial charge >= 0.3 is 0 Å². The SMILES string of the molecule is CCn1c(CNCc2cn[nH]c2)nc2ccccc21. The second-order valence-electron chi connectivity index (χ2n) is 4.47.